The Kier molecular flexibility index (Phi) is 3.80. The van der Waals surface area contributed by atoms with Crippen LogP contribution in [0.25, 0.3) is 0 Å². The minimum atomic E-state index is 0.838. The van der Waals surface area contributed by atoms with Gasteiger partial charge in [-0.2, -0.15) is 0 Å². The average molecular weight is 203 g/mol. The Bertz CT molecular complexity index is 66.6. The van der Waals surface area contributed by atoms with Crippen LogP contribution in [0.15, 0.2) is 12.2 Å². The van der Waals surface area contributed by atoms with Crippen molar-refractivity contribution in [3.63, 3.8) is 0 Å². The fourth-order valence-electron chi connectivity index (χ4n) is 0.348. The maximum absolute atomic E-state index is 3.86. The van der Waals surface area contributed by atoms with Crippen LogP contribution in [-0.2, 0) is 0 Å². The third kappa shape index (κ3) is 3.15. The number of hydrogen-bond acceptors (Lipinski definition) is 0. The van der Waals surface area contributed by atoms with E-state index in [4.69, 9.17) is 0 Å². The van der Waals surface area contributed by atoms with Crippen LogP contribution in [0.4, 0.5) is 0 Å². The van der Waals surface area contributed by atoms with Crippen LogP contribution >= 0.6 is 0 Å². The fraction of sp³-hybridized carbons (Fsp3) is 0.667. The van der Waals surface area contributed by atoms with Gasteiger partial charge in [-0.05, 0) is 0 Å². The van der Waals surface area contributed by atoms with Gasteiger partial charge in [0.1, 0.15) is 0 Å². The Morgan fingerprint density at radius 1 is 1.86 bits per heavy atom. The summed E-state index contributed by atoms with van der Waals surface area (Å²) in [5.74, 6) is 0. The SMILES string of the molecule is C=C(C)[CH]([SnH])CC. The normalized spacial score (nSPS) is 13.6. The van der Waals surface area contributed by atoms with Gasteiger partial charge in [0.25, 0.3) is 0 Å². The van der Waals surface area contributed by atoms with Crippen molar-refractivity contribution in [3.8, 4) is 0 Å². The Hall–Kier alpha value is 0.539. The Balaban J connectivity index is 3.34. The molecular weight excluding hydrogens is 191 g/mol. The van der Waals surface area contributed by atoms with E-state index in [-0.39, 0.29) is 0 Å². The van der Waals surface area contributed by atoms with E-state index in [0.29, 0.717) is 0 Å². The predicted octanol–water partition coefficient (Wildman–Crippen LogP) is 1.66. The summed E-state index contributed by atoms with van der Waals surface area (Å²) in [4.78, 5) is 0. The van der Waals surface area contributed by atoms with Gasteiger partial charge in [-0.15, -0.1) is 0 Å². The van der Waals surface area contributed by atoms with Crippen LogP contribution < -0.4 is 0 Å². The number of hydrogen-bond donors (Lipinski definition) is 0. The molecule has 0 aliphatic rings. The van der Waals surface area contributed by atoms with Gasteiger partial charge in [-0.3, -0.25) is 0 Å². The molecule has 0 aromatic carbocycles. The molecular formula is C6H12Sn. The van der Waals surface area contributed by atoms with E-state index >= 15 is 0 Å². The van der Waals surface area contributed by atoms with E-state index in [9.17, 15) is 0 Å². The molecule has 40 valence electrons. The zero-order valence-corrected chi connectivity index (χ0v) is 8.36. The van der Waals surface area contributed by atoms with Gasteiger partial charge in [-0.25, -0.2) is 0 Å². The van der Waals surface area contributed by atoms with Crippen LogP contribution in [0.2, 0.25) is 3.93 Å². The van der Waals surface area contributed by atoms with Crippen molar-refractivity contribution >= 4 is 22.5 Å². The third-order valence-corrected chi connectivity index (χ3v) is 4.04. The molecule has 1 unspecified atom stereocenters. The molecule has 0 rings (SSSR count). The first-order valence-corrected chi connectivity index (χ1v) is 4.49. The van der Waals surface area contributed by atoms with Gasteiger partial charge in [0, 0.05) is 0 Å². The van der Waals surface area contributed by atoms with Crippen molar-refractivity contribution in [1.29, 1.82) is 0 Å². The van der Waals surface area contributed by atoms with E-state index in [2.05, 4.69) is 20.4 Å². The molecule has 1 heteroatoms. The second kappa shape index (κ2) is 3.53. The molecule has 0 saturated carbocycles. The van der Waals surface area contributed by atoms with E-state index in [1.807, 2.05) is 0 Å². The molecule has 0 fully saturated rings. The van der Waals surface area contributed by atoms with E-state index < -0.39 is 0 Å². The molecule has 0 heterocycles. The van der Waals surface area contributed by atoms with Crippen molar-refractivity contribution in [2.75, 3.05) is 0 Å². The molecule has 7 heavy (non-hydrogen) atoms. The summed E-state index contributed by atoms with van der Waals surface area (Å²) in [7, 11) is 0. The third-order valence-electron chi connectivity index (χ3n) is 1.07. The van der Waals surface area contributed by atoms with Gasteiger partial charge in [0.2, 0.25) is 0 Å². The van der Waals surface area contributed by atoms with Crippen molar-refractivity contribution in [1.82, 2.24) is 0 Å². The van der Waals surface area contributed by atoms with Crippen molar-refractivity contribution in [2.45, 2.75) is 24.2 Å². The minimum absolute atomic E-state index is 0.838. The van der Waals surface area contributed by atoms with E-state index in [1.54, 1.807) is 0 Å². The molecule has 0 aromatic rings. The molecule has 0 aliphatic carbocycles. The molecule has 2 radical (unpaired) electrons. The quantitative estimate of drug-likeness (QED) is 0.472. The Morgan fingerprint density at radius 3 is 2.29 bits per heavy atom. The van der Waals surface area contributed by atoms with Gasteiger partial charge in [0.05, 0.1) is 0 Å². The van der Waals surface area contributed by atoms with Crippen molar-refractivity contribution in [2.24, 2.45) is 0 Å². The zero-order chi connectivity index (χ0) is 5.86. The van der Waals surface area contributed by atoms with Crippen molar-refractivity contribution in [3.05, 3.63) is 12.2 Å². The molecule has 0 nitrogen and oxygen atoms in total. The summed E-state index contributed by atoms with van der Waals surface area (Å²) in [5, 5.41) is 0. The summed E-state index contributed by atoms with van der Waals surface area (Å²) in [6, 6.07) is 0. The molecule has 0 saturated heterocycles. The van der Waals surface area contributed by atoms with Gasteiger partial charge >= 0.3 is 58.9 Å². The topological polar surface area (TPSA) is 0 Å². The molecule has 0 N–H and O–H groups in total. The zero-order valence-electron chi connectivity index (χ0n) is 5.07. The van der Waals surface area contributed by atoms with Crippen LogP contribution in [0, 0.1) is 0 Å². The van der Waals surface area contributed by atoms with Crippen LogP contribution in [-0.4, -0.2) is 22.5 Å². The Morgan fingerprint density at radius 2 is 2.29 bits per heavy atom. The van der Waals surface area contributed by atoms with E-state index in [1.165, 1.54) is 34.5 Å². The summed E-state index contributed by atoms with van der Waals surface area (Å²) < 4.78 is 0.838. The summed E-state index contributed by atoms with van der Waals surface area (Å²) in [6.45, 7) is 8.18. The molecule has 0 bridgehead atoms. The van der Waals surface area contributed by atoms with Crippen molar-refractivity contribution < 1.29 is 0 Å². The van der Waals surface area contributed by atoms with Crippen LogP contribution in [0.5, 0.6) is 0 Å². The monoisotopic (exact) mass is 204 g/mol. The number of allylic oxidation sites excluding steroid dienone is 1. The predicted molar refractivity (Wildman–Crippen MR) is 36.0 cm³/mol. The Labute approximate surface area is 59.1 Å². The van der Waals surface area contributed by atoms with Crippen LogP contribution in [0.3, 0.4) is 0 Å². The second-order valence-corrected chi connectivity index (χ2v) is 4.16. The van der Waals surface area contributed by atoms with E-state index in [0.717, 1.165) is 3.93 Å². The fourth-order valence-corrected chi connectivity index (χ4v) is 0.348. The maximum atomic E-state index is 3.86. The first-order valence-electron chi connectivity index (χ1n) is 2.59. The standard InChI is InChI=1S/C6H11.Sn.H/c1-4-5-6(2)3;;/h5H,2,4H2,1,3H3;;. The molecule has 0 amide bonds. The molecule has 1 atom stereocenters. The number of rotatable bonds is 2. The molecule has 0 aliphatic heterocycles. The molecule has 0 aromatic heterocycles. The average Bonchev–Trinajstić information content (AvgIpc) is 1.65. The first-order chi connectivity index (χ1) is 3.18. The summed E-state index contributed by atoms with van der Waals surface area (Å²) in [6.07, 6.45) is 1.28. The van der Waals surface area contributed by atoms with Gasteiger partial charge in [0.15, 0.2) is 0 Å². The van der Waals surface area contributed by atoms with Crippen LogP contribution in [0.1, 0.15) is 20.3 Å². The summed E-state index contributed by atoms with van der Waals surface area (Å²) >= 11 is 1.33. The molecule has 0 spiro atoms. The van der Waals surface area contributed by atoms with Gasteiger partial charge < -0.3 is 0 Å². The second-order valence-electron chi connectivity index (χ2n) is 1.86. The summed E-state index contributed by atoms with van der Waals surface area (Å²) in [5.41, 5.74) is 1.35. The first kappa shape index (κ1) is 7.54. The van der Waals surface area contributed by atoms with Gasteiger partial charge in [-0.1, -0.05) is 0 Å².